The van der Waals surface area contributed by atoms with Crippen molar-refractivity contribution in [1.29, 1.82) is 0 Å². The van der Waals surface area contributed by atoms with Crippen LogP contribution in [-0.2, 0) is 9.53 Å². The number of carbonyl (C=O) groups excluding carboxylic acids is 1. The van der Waals surface area contributed by atoms with Gasteiger partial charge in [-0.25, -0.2) is 4.79 Å². The molecule has 0 aliphatic carbocycles. The standard InChI is InChI=1S/C14H21NO2S/c1-3-9-17-14(16)13(8-10-18)15-12-6-4-11(2)5-7-12/h4-7,13,15,18H,3,8-10H2,1-2H3/t13-/m0/s1. The number of ether oxygens (including phenoxy) is 1. The molecule has 1 rings (SSSR count). The Hall–Kier alpha value is -1.16. The molecule has 0 saturated carbocycles. The van der Waals surface area contributed by atoms with Crippen molar-refractivity contribution in [3.63, 3.8) is 0 Å². The van der Waals surface area contributed by atoms with Gasteiger partial charge < -0.3 is 10.1 Å². The summed E-state index contributed by atoms with van der Waals surface area (Å²) in [5, 5.41) is 3.19. The molecule has 18 heavy (non-hydrogen) atoms. The third-order valence-electron chi connectivity index (χ3n) is 2.54. The lowest BCUT2D eigenvalue weighted by atomic mass is 10.2. The van der Waals surface area contributed by atoms with E-state index in [1.807, 2.05) is 38.1 Å². The van der Waals surface area contributed by atoms with Crippen molar-refractivity contribution in [3.05, 3.63) is 29.8 Å². The second-order valence-corrected chi connectivity index (χ2v) is 4.69. The van der Waals surface area contributed by atoms with Gasteiger partial charge in [0, 0.05) is 5.69 Å². The van der Waals surface area contributed by atoms with Crippen LogP contribution in [0.3, 0.4) is 0 Å². The third kappa shape index (κ3) is 5.00. The van der Waals surface area contributed by atoms with Crippen LogP contribution in [0.2, 0.25) is 0 Å². The van der Waals surface area contributed by atoms with Gasteiger partial charge >= 0.3 is 5.97 Å². The molecule has 1 N–H and O–H groups in total. The van der Waals surface area contributed by atoms with Gasteiger partial charge in [0.15, 0.2) is 0 Å². The Labute approximate surface area is 114 Å². The molecule has 0 aliphatic heterocycles. The van der Waals surface area contributed by atoms with Crippen molar-refractivity contribution in [1.82, 2.24) is 0 Å². The van der Waals surface area contributed by atoms with Crippen LogP contribution in [0.4, 0.5) is 5.69 Å². The van der Waals surface area contributed by atoms with Gasteiger partial charge in [-0.2, -0.15) is 12.6 Å². The van der Waals surface area contributed by atoms with E-state index >= 15 is 0 Å². The van der Waals surface area contributed by atoms with Crippen LogP contribution in [0.5, 0.6) is 0 Å². The number of anilines is 1. The van der Waals surface area contributed by atoms with Gasteiger partial charge in [-0.15, -0.1) is 0 Å². The summed E-state index contributed by atoms with van der Waals surface area (Å²) in [6, 6.07) is 7.63. The van der Waals surface area contributed by atoms with E-state index in [1.54, 1.807) is 0 Å². The molecule has 0 bridgehead atoms. The van der Waals surface area contributed by atoms with E-state index in [2.05, 4.69) is 17.9 Å². The molecule has 0 aromatic heterocycles. The third-order valence-corrected chi connectivity index (χ3v) is 2.80. The van der Waals surface area contributed by atoms with Crippen molar-refractivity contribution in [2.45, 2.75) is 32.7 Å². The van der Waals surface area contributed by atoms with Crippen molar-refractivity contribution in [3.8, 4) is 0 Å². The Morgan fingerprint density at radius 1 is 1.39 bits per heavy atom. The van der Waals surface area contributed by atoms with E-state index in [0.717, 1.165) is 12.1 Å². The highest BCUT2D eigenvalue weighted by atomic mass is 32.1. The van der Waals surface area contributed by atoms with Crippen molar-refractivity contribution in [2.24, 2.45) is 0 Å². The molecule has 1 aromatic carbocycles. The Morgan fingerprint density at radius 3 is 2.61 bits per heavy atom. The van der Waals surface area contributed by atoms with Crippen LogP contribution >= 0.6 is 12.6 Å². The fourth-order valence-corrected chi connectivity index (χ4v) is 1.79. The number of aryl methyl sites for hydroxylation is 1. The van der Waals surface area contributed by atoms with E-state index in [1.165, 1.54) is 5.56 Å². The Morgan fingerprint density at radius 2 is 2.06 bits per heavy atom. The number of benzene rings is 1. The van der Waals surface area contributed by atoms with E-state index in [4.69, 9.17) is 4.74 Å². The highest BCUT2D eigenvalue weighted by molar-refractivity contribution is 7.80. The van der Waals surface area contributed by atoms with Crippen LogP contribution in [0.15, 0.2) is 24.3 Å². The van der Waals surface area contributed by atoms with Gasteiger partial charge in [0.25, 0.3) is 0 Å². The minimum Gasteiger partial charge on any atom is -0.464 e. The summed E-state index contributed by atoms with van der Waals surface area (Å²) < 4.78 is 5.17. The fourth-order valence-electron chi connectivity index (χ4n) is 1.53. The maximum atomic E-state index is 11.8. The average Bonchev–Trinajstić information content (AvgIpc) is 2.38. The monoisotopic (exact) mass is 267 g/mol. The summed E-state index contributed by atoms with van der Waals surface area (Å²) in [5.41, 5.74) is 2.13. The van der Waals surface area contributed by atoms with E-state index < -0.39 is 0 Å². The lowest BCUT2D eigenvalue weighted by molar-refractivity contribution is -0.144. The van der Waals surface area contributed by atoms with E-state index in [-0.39, 0.29) is 12.0 Å². The first-order valence-corrected chi connectivity index (χ1v) is 6.91. The SMILES string of the molecule is CCCOC(=O)[C@H](CCS)Nc1ccc(C)cc1. The maximum Gasteiger partial charge on any atom is 0.328 e. The fraction of sp³-hybridized carbons (Fsp3) is 0.500. The zero-order chi connectivity index (χ0) is 13.4. The van der Waals surface area contributed by atoms with Crippen molar-refractivity contribution in [2.75, 3.05) is 17.7 Å². The zero-order valence-electron chi connectivity index (χ0n) is 11.0. The molecule has 0 unspecified atom stereocenters. The number of nitrogens with one attached hydrogen (secondary N) is 1. The van der Waals surface area contributed by atoms with Crippen LogP contribution in [-0.4, -0.2) is 24.4 Å². The van der Waals surface area contributed by atoms with Crippen molar-refractivity contribution < 1.29 is 9.53 Å². The Bertz CT molecular complexity index is 365. The molecule has 0 radical (unpaired) electrons. The largest absolute Gasteiger partial charge is 0.464 e. The minimum absolute atomic E-state index is 0.202. The van der Waals surface area contributed by atoms with Crippen molar-refractivity contribution >= 4 is 24.3 Å². The number of hydrogen-bond donors (Lipinski definition) is 2. The molecule has 0 saturated heterocycles. The number of hydrogen-bond acceptors (Lipinski definition) is 4. The number of rotatable bonds is 7. The molecule has 0 amide bonds. The van der Waals surface area contributed by atoms with Gasteiger partial charge in [0.1, 0.15) is 6.04 Å². The number of thiol groups is 1. The van der Waals surface area contributed by atoms with E-state index in [0.29, 0.717) is 18.8 Å². The first-order valence-electron chi connectivity index (χ1n) is 6.28. The average molecular weight is 267 g/mol. The van der Waals surface area contributed by atoms with Gasteiger partial charge in [0.2, 0.25) is 0 Å². The summed E-state index contributed by atoms with van der Waals surface area (Å²) in [6.07, 6.45) is 1.49. The molecule has 3 nitrogen and oxygen atoms in total. The van der Waals surface area contributed by atoms with Crippen LogP contribution in [0, 0.1) is 6.92 Å². The second kappa shape index (κ2) is 8.03. The van der Waals surface area contributed by atoms with Crippen LogP contribution in [0.25, 0.3) is 0 Å². The van der Waals surface area contributed by atoms with Gasteiger partial charge in [-0.1, -0.05) is 24.6 Å². The maximum absolute atomic E-state index is 11.8. The molecule has 0 heterocycles. The molecule has 100 valence electrons. The first kappa shape index (κ1) is 14.9. The van der Waals surface area contributed by atoms with Gasteiger partial charge in [0.05, 0.1) is 6.61 Å². The molecule has 0 aliphatic rings. The lowest BCUT2D eigenvalue weighted by Gasteiger charge is -2.18. The summed E-state index contributed by atoms with van der Waals surface area (Å²) in [5.74, 6) is 0.441. The quantitative estimate of drug-likeness (QED) is 0.589. The molecular formula is C14H21NO2S. The summed E-state index contributed by atoms with van der Waals surface area (Å²) in [7, 11) is 0. The Balaban J connectivity index is 2.61. The molecule has 1 atom stereocenters. The molecule has 1 aromatic rings. The normalized spacial score (nSPS) is 11.9. The van der Waals surface area contributed by atoms with Gasteiger partial charge in [-0.05, 0) is 37.7 Å². The molecule has 0 spiro atoms. The molecule has 0 fully saturated rings. The number of carbonyl (C=O) groups is 1. The Kier molecular flexibility index (Phi) is 6.65. The van der Waals surface area contributed by atoms with Gasteiger partial charge in [-0.3, -0.25) is 0 Å². The summed E-state index contributed by atoms with van der Waals surface area (Å²) in [6.45, 7) is 4.48. The molecular weight excluding hydrogens is 246 g/mol. The summed E-state index contributed by atoms with van der Waals surface area (Å²) >= 11 is 4.18. The highest BCUT2D eigenvalue weighted by Crippen LogP contribution is 2.12. The lowest BCUT2D eigenvalue weighted by Crippen LogP contribution is -2.32. The van der Waals surface area contributed by atoms with Crippen LogP contribution in [0.1, 0.15) is 25.3 Å². The number of esters is 1. The van der Waals surface area contributed by atoms with E-state index in [9.17, 15) is 4.79 Å². The highest BCUT2D eigenvalue weighted by Gasteiger charge is 2.18. The second-order valence-electron chi connectivity index (χ2n) is 4.24. The predicted octanol–water partition coefficient (Wildman–Crippen LogP) is 3.05. The summed E-state index contributed by atoms with van der Waals surface area (Å²) in [4.78, 5) is 11.8. The smallest absolute Gasteiger partial charge is 0.328 e. The zero-order valence-corrected chi connectivity index (χ0v) is 11.9. The molecule has 4 heteroatoms. The first-order chi connectivity index (χ1) is 8.67. The van der Waals surface area contributed by atoms with Crippen LogP contribution < -0.4 is 5.32 Å². The minimum atomic E-state index is -0.322. The predicted molar refractivity (Wildman–Crippen MR) is 78.3 cm³/mol. The topological polar surface area (TPSA) is 38.3 Å².